The van der Waals surface area contributed by atoms with Gasteiger partial charge in [0.2, 0.25) is 5.91 Å². The van der Waals surface area contributed by atoms with Gasteiger partial charge in [0.15, 0.2) is 5.82 Å². The average Bonchev–Trinajstić information content (AvgIpc) is 3.29. The summed E-state index contributed by atoms with van der Waals surface area (Å²) in [4.78, 5) is 21.3. The van der Waals surface area contributed by atoms with E-state index in [0.717, 1.165) is 54.1 Å². The lowest BCUT2D eigenvalue weighted by Gasteiger charge is -2.26. The fourth-order valence-corrected chi connectivity index (χ4v) is 4.73. The number of carbonyl (C=O) groups is 1. The molecule has 2 heterocycles. The number of hydrogen-bond acceptors (Lipinski definition) is 6. The molecule has 0 atom stereocenters. The van der Waals surface area contributed by atoms with Crippen molar-refractivity contribution in [1.82, 2.24) is 24.9 Å². The smallest absolute Gasteiger partial charge is 0.222 e. The second kappa shape index (κ2) is 9.51. The van der Waals surface area contributed by atoms with Gasteiger partial charge in [0.1, 0.15) is 35.7 Å². The minimum absolute atomic E-state index is 0.0603. The fourth-order valence-electron chi connectivity index (χ4n) is 4.73. The van der Waals surface area contributed by atoms with Crippen molar-refractivity contribution in [3.8, 4) is 17.0 Å². The predicted molar refractivity (Wildman–Crippen MR) is 130 cm³/mol. The molecule has 174 valence electrons. The van der Waals surface area contributed by atoms with Crippen LogP contribution in [0.5, 0.6) is 5.75 Å². The molecular weight excluding hydrogens is 428 g/mol. The van der Waals surface area contributed by atoms with E-state index in [1.807, 2.05) is 59.1 Å². The first kappa shape index (κ1) is 21.9. The number of carbonyl (C=O) groups excluding carboxylic acids is 1. The number of rotatable bonds is 6. The molecule has 1 aliphatic rings. The molecule has 1 amide bonds. The van der Waals surface area contributed by atoms with E-state index in [-0.39, 0.29) is 17.7 Å². The molecule has 1 aliphatic carbocycles. The maximum atomic E-state index is 12.1. The number of amides is 1. The molecule has 0 aliphatic heterocycles. The standard InChI is InChI=1S/C26H28N6O2/c1-28-26(33)19-12-10-18(11-13-19)25-31-22(23-24(27)29-16-30-32(23)25)20-8-5-9-21(14-20)34-15-17-6-3-2-4-7-17/h2-9,14,16,18-19H,10-13,15H2,1H3,(H,28,33)(H2,27,29,30). The molecule has 0 unspecified atom stereocenters. The molecule has 1 saturated carbocycles. The first-order valence-electron chi connectivity index (χ1n) is 11.6. The van der Waals surface area contributed by atoms with Gasteiger partial charge in [0.05, 0.1) is 0 Å². The Labute approximate surface area is 198 Å². The Hall–Kier alpha value is -3.94. The van der Waals surface area contributed by atoms with Gasteiger partial charge in [-0.3, -0.25) is 4.79 Å². The molecule has 3 N–H and O–H groups in total. The van der Waals surface area contributed by atoms with Crippen molar-refractivity contribution in [2.45, 2.75) is 38.2 Å². The van der Waals surface area contributed by atoms with Crippen molar-refractivity contribution in [3.05, 3.63) is 72.3 Å². The number of aromatic nitrogens is 4. The van der Waals surface area contributed by atoms with Gasteiger partial charge < -0.3 is 15.8 Å². The zero-order valence-corrected chi connectivity index (χ0v) is 19.1. The second-order valence-electron chi connectivity index (χ2n) is 8.69. The van der Waals surface area contributed by atoms with E-state index in [0.29, 0.717) is 17.9 Å². The highest BCUT2D eigenvalue weighted by molar-refractivity contribution is 5.85. The van der Waals surface area contributed by atoms with E-state index in [1.54, 1.807) is 7.05 Å². The van der Waals surface area contributed by atoms with Crippen LogP contribution in [0.4, 0.5) is 5.82 Å². The predicted octanol–water partition coefficient (Wildman–Crippen LogP) is 3.97. The van der Waals surface area contributed by atoms with E-state index >= 15 is 0 Å². The quantitative estimate of drug-likeness (QED) is 0.455. The van der Waals surface area contributed by atoms with Crippen LogP contribution in [-0.4, -0.2) is 32.5 Å². The average molecular weight is 457 g/mol. The number of ether oxygens (including phenoxy) is 1. The van der Waals surface area contributed by atoms with Crippen LogP contribution in [0.1, 0.15) is 43.0 Å². The molecule has 0 bridgehead atoms. The molecule has 8 nitrogen and oxygen atoms in total. The molecule has 0 saturated heterocycles. The van der Waals surface area contributed by atoms with E-state index in [2.05, 4.69) is 15.4 Å². The summed E-state index contributed by atoms with van der Waals surface area (Å²) in [7, 11) is 1.69. The maximum Gasteiger partial charge on any atom is 0.222 e. The monoisotopic (exact) mass is 456 g/mol. The highest BCUT2D eigenvalue weighted by Gasteiger charge is 2.30. The summed E-state index contributed by atoms with van der Waals surface area (Å²) in [5, 5.41) is 7.25. The molecule has 0 spiro atoms. The van der Waals surface area contributed by atoms with Crippen molar-refractivity contribution in [3.63, 3.8) is 0 Å². The lowest BCUT2D eigenvalue weighted by atomic mass is 9.81. The lowest BCUT2D eigenvalue weighted by Crippen LogP contribution is -2.30. The highest BCUT2D eigenvalue weighted by atomic mass is 16.5. The van der Waals surface area contributed by atoms with E-state index in [1.165, 1.54) is 6.33 Å². The summed E-state index contributed by atoms with van der Waals surface area (Å²) in [6.45, 7) is 0.485. The number of nitrogens with zero attached hydrogens (tertiary/aromatic N) is 4. The topological polar surface area (TPSA) is 107 Å². The van der Waals surface area contributed by atoms with Crippen LogP contribution in [-0.2, 0) is 11.4 Å². The van der Waals surface area contributed by atoms with Crippen LogP contribution in [0.2, 0.25) is 0 Å². The number of fused-ring (bicyclic) bond motifs is 1. The zero-order valence-electron chi connectivity index (χ0n) is 19.1. The van der Waals surface area contributed by atoms with Crippen LogP contribution in [0, 0.1) is 5.92 Å². The molecule has 34 heavy (non-hydrogen) atoms. The summed E-state index contributed by atoms with van der Waals surface area (Å²) in [5.74, 6) is 2.39. The third-order valence-electron chi connectivity index (χ3n) is 6.55. The zero-order chi connectivity index (χ0) is 23.5. The minimum atomic E-state index is 0.0603. The van der Waals surface area contributed by atoms with Gasteiger partial charge in [-0.05, 0) is 43.4 Å². The van der Waals surface area contributed by atoms with Crippen molar-refractivity contribution in [2.75, 3.05) is 12.8 Å². The van der Waals surface area contributed by atoms with Crippen LogP contribution in [0.25, 0.3) is 16.8 Å². The van der Waals surface area contributed by atoms with E-state index in [9.17, 15) is 4.79 Å². The normalized spacial score (nSPS) is 18.0. The lowest BCUT2D eigenvalue weighted by molar-refractivity contribution is -0.125. The molecule has 0 radical (unpaired) electrons. The Morgan fingerprint density at radius 3 is 2.68 bits per heavy atom. The van der Waals surface area contributed by atoms with Crippen LogP contribution < -0.4 is 15.8 Å². The molecule has 2 aromatic heterocycles. The summed E-state index contributed by atoms with van der Waals surface area (Å²) in [6, 6.07) is 17.9. The number of imidazole rings is 1. The van der Waals surface area contributed by atoms with Gasteiger partial charge >= 0.3 is 0 Å². The Kier molecular flexibility index (Phi) is 6.12. The molecule has 8 heteroatoms. The summed E-state index contributed by atoms with van der Waals surface area (Å²) in [6.07, 6.45) is 4.88. The van der Waals surface area contributed by atoms with Crippen molar-refractivity contribution in [1.29, 1.82) is 0 Å². The van der Waals surface area contributed by atoms with Gasteiger partial charge in [-0.2, -0.15) is 5.10 Å². The Bertz CT molecular complexity index is 1300. The van der Waals surface area contributed by atoms with Crippen LogP contribution in [0.3, 0.4) is 0 Å². The highest BCUT2D eigenvalue weighted by Crippen LogP contribution is 2.38. The minimum Gasteiger partial charge on any atom is -0.489 e. The second-order valence-corrected chi connectivity index (χ2v) is 8.69. The maximum absolute atomic E-state index is 12.1. The Morgan fingerprint density at radius 2 is 1.91 bits per heavy atom. The summed E-state index contributed by atoms with van der Waals surface area (Å²) >= 11 is 0. The van der Waals surface area contributed by atoms with Crippen molar-refractivity contribution >= 4 is 17.2 Å². The number of nitrogens with one attached hydrogen (secondary N) is 1. The number of hydrogen-bond donors (Lipinski definition) is 2. The molecule has 2 aromatic carbocycles. The van der Waals surface area contributed by atoms with Gasteiger partial charge in [0.25, 0.3) is 0 Å². The number of nitrogens with two attached hydrogens (primary N) is 1. The van der Waals surface area contributed by atoms with E-state index < -0.39 is 0 Å². The third-order valence-corrected chi connectivity index (χ3v) is 6.55. The Morgan fingerprint density at radius 1 is 1.12 bits per heavy atom. The van der Waals surface area contributed by atoms with Crippen molar-refractivity contribution < 1.29 is 9.53 Å². The Balaban J connectivity index is 1.45. The first-order valence-corrected chi connectivity index (χ1v) is 11.6. The van der Waals surface area contributed by atoms with Gasteiger partial charge in [-0.1, -0.05) is 42.5 Å². The molecule has 5 rings (SSSR count). The first-order chi connectivity index (χ1) is 16.6. The number of benzene rings is 2. The van der Waals surface area contributed by atoms with Crippen LogP contribution in [0.15, 0.2) is 60.9 Å². The third kappa shape index (κ3) is 4.31. The molecular formula is C26H28N6O2. The van der Waals surface area contributed by atoms with Gasteiger partial charge in [-0.25, -0.2) is 14.5 Å². The SMILES string of the molecule is CNC(=O)C1CCC(c2nc(-c3cccc(OCc4ccccc4)c3)c3c(N)ncnn23)CC1. The van der Waals surface area contributed by atoms with Gasteiger partial charge in [-0.15, -0.1) is 0 Å². The largest absolute Gasteiger partial charge is 0.489 e. The van der Waals surface area contributed by atoms with Crippen molar-refractivity contribution in [2.24, 2.45) is 5.92 Å². The summed E-state index contributed by atoms with van der Waals surface area (Å²) in [5.41, 5.74) is 9.74. The van der Waals surface area contributed by atoms with E-state index in [4.69, 9.17) is 15.5 Å². The fraction of sp³-hybridized carbons (Fsp3) is 0.308. The molecule has 1 fully saturated rings. The molecule has 4 aromatic rings. The number of nitrogen functional groups attached to an aromatic ring is 1. The summed E-state index contributed by atoms with van der Waals surface area (Å²) < 4.78 is 7.85. The number of anilines is 1. The van der Waals surface area contributed by atoms with Gasteiger partial charge in [0, 0.05) is 24.4 Å². The van der Waals surface area contributed by atoms with Crippen LogP contribution >= 0.6 is 0 Å².